The maximum atomic E-state index is 5.67. The summed E-state index contributed by atoms with van der Waals surface area (Å²) in [5.41, 5.74) is 5.66. The van der Waals surface area contributed by atoms with Gasteiger partial charge in [-0.3, -0.25) is 4.99 Å². The molecule has 0 spiro atoms. The molecule has 6 aromatic carbocycles. The summed E-state index contributed by atoms with van der Waals surface area (Å²) in [5.74, 6) is 0.982. The Morgan fingerprint density at radius 3 is 1.69 bits per heavy atom. The Bertz CT molecular complexity index is 2100. The highest BCUT2D eigenvalue weighted by molar-refractivity contribution is 7.80. The van der Waals surface area contributed by atoms with Gasteiger partial charge in [-0.15, -0.1) is 5.10 Å². The largest absolute Gasteiger partial charge is 0.341 e. The molecular weight excluding hydrogens is 617 g/mol. The second-order valence-corrected chi connectivity index (χ2v) is 14.4. The zero-order valence-corrected chi connectivity index (χ0v) is 28.0. The second kappa shape index (κ2) is 14.2. The highest BCUT2D eigenvalue weighted by Crippen LogP contribution is 2.45. The standard InChI is InChI=1S/C43H36N5P/c1-6-18-33(19-7-1)30-47-31-36(45-46-47)32-48-42(35-22-10-3-11-23-35)41(34-20-8-2-9-21-34)44-43(48)39-28-16-17-29-40(39)49(37-24-12-4-13-25-37)38-26-14-5-15-27-38/h1-29,31,41-42H,30,32H2/t41-,42-/m1/s1. The van der Waals surface area contributed by atoms with Crippen LogP contribution in [0.2, 0.25) is 0 Å². The molecule has 2 heterocycles. The van der Waals surface area contributed by atoms with Crippen molar-refractivity contribution in [3.63, 3.8) is 0 Å². The molecule has 238 valence electrons. The smallest absolute Gasteiger partial charge is 0.133 e. The summed E-state index contributed by atoms with van der Waals surface area (Å²) in [6.45, 7) is 1.24. The van der Waals surface area contributed by atoms with E-state index in [4.69, 9.17) is 10.1 Å². The van der Waals surface area contributed by atoms with Crippen molar-refractivity contribution in [2.45, 2.75) is 25.2 Å². The van der Waals surface area contributed by atoms with Gasteiger partial charge < -0.3 is 4.90 Å². The first-order valence-corrected chi connectivity index (χ1v) is 18.0. The molecule has 0 saturated heterocycles. The van der Waals surface area contributed by atoms with Crippen LogP contribution in [0.1, 0.15) is 40.0 Å². The summed E-state index contributed by atoms with van der Waals surface area (Å²) in [6, 6.07) is 62.4. The van der Waals surface area contributed by atoms with Crippen molar-refractivity contribution in [3.8, 4) is 0 Å². The predicted molar refractivity (Wildman–Crippen MR) is 201 cm³/mol. The Balaban J connectivity index is 1.27. The summed E-state index contributed by atoms with van der Waals surface area (Å²) in [5, 5.41) is 13.2. The lowest BCUT2D eigenvalue weighted by molar-refractivity contribution is 0.301. The molecular formula is C43H36N5P. The van der Waals surface area contributed by atoms with Crippen molar-refractivity contribution in [3.05, 3.63) is 210 Å². The van der Waals surface area contributed by atoms with Gasteiger partial charge in [0.1, 0.15) is 17.6 Å². The Hall–Kier alpha value is -5.64. The Kier molecular flexibility index (Phi) is 8.91. The lowest BCUT2D eigenvalue weighted by atomic mass is 9.93. The van der Waals surface area contributed by atoms with Crippen LogP contribution < -0.4 is 15.9 Å². The number of aliphatic imine (C=N–C) groups is 1. The van der Waals surface area contributed by atoms with Gasteiger partial charge in [0.2, 0.25) is 0 Å². The molecule has 0 fully saturated rings. The van der Waals surface area contributed by atoms with Crippen molar-refractivity contribution in [2.75, 3.05) is 0 Å². The van der Waals surface area contributed by atoms with Gasteiger partial charge in [-0.05, 0) is 40.5 Å². The molecule has 0 aliphatic carbocycles. The average Bonchev–Trinajstić information content (AvgIpc) is 3.78. The van der Waals surface area contributed by atoms with Crippen LogP contribution in [0.3, 0.4) is 0 Å². The number of hydrogen-bond acceptors (Lipinski definition) is 4. The normalized spacial score (nSPS) is 15.8. The fourth-order valence-electron chi connectivity index (χ4n) is 6.77. The van der Waals surface area contributed by atoms with E-state index in [0.717, 1.165) is 17.1 Å². The van der Waals surface area contributed by atoms with Gasteiger partial charge in [0.15, 0.2) is 0 Å². The Morgan fingerprint density at radius 2 is 1.06 bits per heavy atom. The van der Waals surface area contributed by atoms with Crippen molar-refractivity contribution in [1.82, 2.24) is 19.9 Å². The van der Waals surface area contributed by atoms with E-state index in [1.54, 1.807) is 0 Å². The minimum absolute atomic E-state index is 0.0365. The van der Waals surface area contributed by atoms with Gasteiger partial charge in [0, 0.05) is 5.56 Å². The maximum Gasteiger partial charge on any atom is 0.133 e. The molecule has 6 heteroatoms. The predicted octanol–water partition coefficient (Wildman–Crippen LogP) is 7.83. The quantitative estimate of drug-likeness (QED) is 0.141. The Morgan fingerprint density at radius 1 is 0.531 bits per heavy atom. The molecule has 0 amide bonds. The first-order chi connectivity index (χ1) is 24.3. The zero-order valence-electron chi connectivity index (χ0n) is 27.1. The number of amidine groups is 1. The fraction of sp³-hybridized carbons (Fsp3) is 0.0930. The van der Waals surface area contributed by atoms with Crippen LogP contribution in [-0.2, 0) is 13.1 Å². The third-order valence-corrected chi connectivity index (χ3v) is 11.5. The number of aromatic nitrogens is 3. The van der Waals surface area contributed by atoms with E-state index in [9.17, 15) is 0 Å². The summed E-state index contributed by atoms with van der Waals surface area (Å²) in [7, 11) is -0.862. The lowest BCUT2D eigenvalue weighted by Gasteiger charge is -2.32. The van der Waals surface area contributed by atoms with Crippen LogP contribution in [0.15, 0.2) is 187 Å². The van der Waals surface area contributed by atoms with Gasteiger partial charge in [0.05, 0.1) is 25.3 Å². The minimum Gasteiger partial charge on any atom is -0.341 e. The van der Waals surface area contributed by atoms with Crippen molar-refractivity contribution < 1.29 is 0 Å². The summed E-state index contributed by atoms with van der Waals surface area (Å²) in [6.07, 6.45) is 2.08. The number of benzene rings is 6. The summed E-state index contributed by atoms with van der Waals surface area (Å²) < 4.78 is 1.93. The van der Waals surface area contributed by atoms with E-state index in [2.05, 4.69) is 186 Å². The Labute approximate surface area is 289 Å². The second-order valence-electron chi connectivity index (χ2n) is 12.2. The van der Waals surface area contributed by atoms with Crippen molar-refractivity contribution in [1.29, 1.82) is 0 Å². The molecule has 8 rings (SSSR count). The van der Waals surface area contributed by atoms with E-state index < -0.39 is 7.92 Å². The molecule has 0 saturated carbocycles. The van der Waals surface area contributed by atoms with Gasteiger partial charge in [0.25, 0.3) is 0 Å². The fourth-order valence-corrected chi connectivity index (χ4v) is 9.21. The van der Waals surface area contributed by atoms with E-state index in [1.165, 1.54) is 32.6 Å². The first-order valence-electron chi connectivity index (χ1n) is 16.7. The van der Waals surface area contributed by atoms with Crippen LogP contribution in [0.4, 0.5) is 0 Å². The summed E-state index contributed by atoms with van der Waals surface area (Å²) in [4.78, 5) is 8.13. The third-order valence-electron chi connectivity index (χ3n) is 8.97. The van der Waals surface area contributed by atoms with Crippen LogP contribution in [0, 0.1) is 0 Å². The summed E-state index contributed by atoms with van der Waals surface area (Å²) >= 11 is 0. The molecule has 49 heavy (non-hydrogen) atoms. The average molecular weight is 654 g/mol. The zero-order chi connectivity index (χ0) is 32.8. The molecule has 0 radical (unpaired) electrons. The van der Waals surface area contributed by atoms with Gasteiger partial charge in [-0.25, -0.2) is 4.68 Å². The monoisotopic (exact) mass is 653 g/mol. The first kappa shape index (κ1) is 30.7. The molecule has 1 aliphatic rings. The van der Waals surface area contributed by atoms with Gasteiger partial charge in [-0.2, -0.15) is 0 Å². The lowest BCUT2D eigenvalue weighted by Crippen LogP contribution is -2.35. The highest BCUT2D eigenvalue weighted by Gasteiger charge is 2.40. The molecule has 2 atom stereocenters. The van der Waals surface area contributed by atoms with E-state index >= 15 is 0 Å². The molecule has 1 aromatic heterocycles. The van der Waals surface area contributed by atoms with Crippen LogP contribution in [0.25, 0.3) is 0 Å². The number of rotatable bonds is 10. The highest BCUT2D eigenvalue weighted by atomic mass is 31.1. The topological polar surface area (TPSA) is 46.3 Å². The van der Waals surface area contributed by atoms with Gasteiger partial charge in [-0.1, -0.05) is 181 Å². The van der Waals surface area contributed by atoms with E-state index in [0.29, 0.717) is 13.1 Å². The third kappa shape index (κ3) is 6.59. The SMILES string of the molecule is c1ccc(Cn2cc(CN3C(c4ccccc4P(c4ccccc4)c4ccccc4)=N[C@H](c4ccccc4)[C@H]3c3ccccc3)nn2)cc1. The molecule has 0 bridgehead atoms. The molecule has 0 N–H and O–H groups in total. The van der Waals surface area contributed by atoms with Crippen LogP contribution >= 0.6 is 7.92 Å². The van der Waals surface area contributed by atoms with Crippen LogP contribution in [0.5, 0.6) is 0 Å². The molecule has 5 nitrogen and oxygen atoms in total. The van der Waals surface area contributed by atoms with E-state index in [-0.39, 0.29) is 12.1 Å². The van der Waals surface area contributed by atoms with Crippen LogP contribution in [-0.4, -0.2) is 25.7 Å². The van der Waals surface area contributed by atoms with E-state index in [1.807, 2.05) is 10.7 Å². The molecule has 7 aromatic rings. The number of nitrogens with zero attached hydrogens (tertiary/aromatic N) is 5. The van der Waals surface area contributed by atoms with Gasteiger partial charge >= 0.3 is 0 Å². The number of hydrogen-bond donors (Lipinski definition) is 0. The van der Waals surface area contributed by atoms with Crippen molar-refractivity contribution in [2.24, 2.45) is 4.99 Å². The van der Waals surface area contributed by atoms with Crippen molar-refractivity contribution >= 4 is 29.7 Å². The molecule has 0 unspecified atom stereocenters. The maximum absolute atomic E-state index is 5.67. The minimum atomic E-state index is -0.862. The molecule has 1 aliphatic heterocycles.